The highest BCUT2D eigenvalue weighted by Crippen LogP contribution is 2.36. The molecule has 0 spiro atoms. The molecule has 1 saturated heterocycles. The Morgan fingerprint density at radius 3 is 2.45 bits per heavy atom. The van der Waals surface area contributed by atoms with Gasteiger partial charge < -0.3 is 10.1 Å². The normalized spacial score (nSPS) is 18.8. The van der Waals surface area contributed by atoms with Crippen molar-refractivity contribution in [1.82, 2.24) is 5.32 Å². The van der Waals surface area contributed by atoms with Gasteiger partial charge in [0, 0.05) is 11.3 Å². The second-order valence-electron chi connectivity index (χ2n) is 5.85. The fourth-order valence-electron chi connectivity index (χ4n) is 2.52. The Kier molecular flexibility index (Phi) is 6.40. The number of nitrogens with one attached hydrogen (secondary N) is 1. The van der Waals surface area contributed by atoms with Crippen LogP contribution in [-0.4, -0.2) is 30.3 Å². The third-order valence-electron chi connectivity index (χ3n) is 3.72. The summed E-state index contributed by atoms with van der Waals surface area (Å²) in [6, 6.07) is 11.3. The molecule has 0 amide bonds. The maximum absolute atomic E-state index is 5.34. The Bertz CT molecular complexity index is 378. The van der Waals surface area contributed by atoms with Crippen LogP contribution in [0.1, 0.15) is 38.8 Å². The predicted molar refractivity (Wildman–Crippen MR) is 88.3 cm³/mol. The molecule has 0 aliphatic carbocycles. The SMILES string of the molecule is CCCNC(c1ccccc1)C(SC1COC1)C(C)C. The number of hydrogen-bond acceptors (Lipinski definition) is 3. The highest BCUT2D eigenvalue weighted by atomic mass is 32.2. The first-order chi connectivity index (χ1) is 9.72. The van der Waals surface area contributed by atoms with Gasteiger partial charge in [-0.25, -0.2) is 0 Å². The number of benzene rings is 1. The molecule has 2 atom stereocenters. The number of hydrogen-bond donors (Lipinski definition) is 1. The topological polar surface area (TPSA) is 21.3 Å². The third-order valence-corrected chi connectivity index (χ3v) is 5.50. The van der Waals surface area contributed by atoms with Crippen molar-refractivity contribution >= 4 is 11.8 Å². The second-order valence-corrected chi connectivity index (χ2v) is 7.33. The zero-order valence-electron chi connectivity index (χ0n) is 12.8. The third kappa shape index (κ3) is 4.24. The van der Waals surface area contributed by atoms with E-state index in [1.807, 2.05) is 0 Å². The van der Waals surface area contributed by atoms with Gasteiger partial charge in [-0.15, -0.1) is 11.8 Å². The fourth-order valence-corrected chi connectivity index (χ4v) is 4.04. The molecule has 1 aliphatic heterocycles. The van der Waals surface area contributed by atoms with E-state index < -0.39 is 0 Å². The lowest BCUT2D eigenvalue weighted by molar-refractivity contribution is 0.0450. The summed E-state index contributed by atoms with van der Waals surface area (Å²) in [5, 5.41) is 5.03. The largest absolute Gasteiger partial charge is 0.379 e. The molecule has 2 nitrogen and oxygen atoms in total. The Hall–Kier alpha value is -0.510. The Balaban J connectivity index is 2.12. The first-order valence-electron chi connectivity index (χ1n) is 7.74. The molecule has 3 heteroatoms. The lowest BCUT2D eigenvalue weighted by Crippen LogP contribution is -2.39. The van der Waals surface area contributed by atoms with Gasteiger partial charge in [-0.05, 0) is 24.4 Å². The molecule has 0 saturated carbocycles. The van der Waals surface area contributed by atoms with Crippen LogP contribution in [0, 0.1) is 5.92 Å². The van der Waals surface area contributed by atoms with Crippen molar-refractivity contribution in [1.29, 1.82) is 0 Å². The van der Waals surface area contributed by atoms with E-state index in [1.54, 1.807) is 0 Å². The summed E-state index contributed by atoms with van der Waals surface area (Å²) in [5.74, 6) is 0.648. The zero-order chi connectivity index (χ0) is 14.4. The molecular weight excluding hydrogens is 266 g/mol. The van der Waals surface area contributed by atoms with Crippen molar-refractivity contribution in [3.63, 3.8) is 0 Å². The first-order valence-corrected chi connectivity index (χ1v) is 8.68. The van der Waals surface area contributed by atoms with Gasteiger partial charge in [-0.2, -0.15) is 0 Å². The molecule has 1 N–H and O–H groups in total. The number of rotatable bonds is 8. The molecule has 1 aliphatic rings. The second kappa shape index (κ2) is 8.06. The minimum absolute atomic E-state index is 0.432. The van der Waals surface area contributed by atoms with Gasteiger partial charge in [0.05, 0.1) is 18.5 Å². The maximum Gasteiger partial charge on any atom is 0.0608 e. The molecule has 1 aromatic rings. The average molecular weight is 293 g/mol. The molecule has 2 rings (SSSR count). The Morgan fingerprint density at radius 2 is 1.95 bits per heavy atom. The highest BCUT2D eigenvalue weighted by molar-refractivity contribution is 8.00. The van der Waals surface area contributed by atoms with E-state index in [4.69, 9.17) is 4.74 Å². The van der Waals surface area contributed by atoms with Crippen LogP contribution in [-0.2, 0) is 4.74 Å². The van der Waals surface area contributed by atoms with Gasteiger partial charge in [0.25, 0.3) is 0 Å². The van der Waals surface area contributed by atoms with Gasteiger partial charge in [0.1, 0.15) is 0 Å². The van der Waals surface area contributed by atoms with Crippen LogP contribution in [0.25, 0.3) is 0 Å². The van der Waals surface area contributed by atoms with Crippen LogP contribution in [0.3, 0.4) is 0 Å². The number of ether oxygens (including phenoxy) is 1. The van der Waals surface area contributed by atoms with Crippen molar-refractivity contribution in [3.8, 4) is 0 Å². The highest BCUT2D eigenvalue weighted by Gasteiger charge is 2.31. The Morgan fingerprint density at radius 1 is 1.25 bits per heavy atom. The molecule has 112 valence electrons. The van der Waals surface area contributed by atoms with E-state index in [0.29, 0.717) is 22.5 Å². The summed E-state index contributed by atoms with van der Waals surface area (Å²) >= 11 is 2.11. The van der Waals surface area contributed by atoms with Crippen LogP contribution in [0.2, 0.25) is 0 Å². The minimum atomic E-state index is 0.432. The predicted octanol–water partition coefficient (Wildman–Crippen LogP) is 3.88. The summed E-state index contributed by atoms with van der Waals surface area (Å²) < 4.78 is 5.34. The summed E-state index contributed by atoms with van der Waals surface area (Å²) in [6.07, 6.45) is 1.17. The van der Waals surface area contributed by atoms with Gasteiger partial charge in [-0.3, -0.25) is 0 Å². The minimum Gasteiger partial charge on any atom is -0.379 e. The lowest BCUT2D eigenvalue weighted by atomic mass is 9.96. The molecule has 1 heterocycles. The van der Waals surface area contributed by atoms with E-state index in [-0.39, 0.29) is 0 Å². The van der Waals surface area contributed by atoms with E-state index in [0.717, 1.165) is 19.8 Å². The van der Waals surface area contributed by atoms with Crippen molar-refractivity contribution in [2.75, 3.05) is 19.8 Å². The maximum atomic E-state index is 5.34. The molecule has 20 heavy (non-hydrogen) atoms. The monoisotopic (exact) mass is 293 g/mol. The standard InChI is InChI=1S/C17H27NOS/c1-4-10-18-16(14-8-6-5-7-9-14)17(13(2)3)20-15-11-19-12-15/h5-9,13,15-18H,4,10-12H2,1-3H3. The molecule has 1 aromatic carbocycles. The quantitative estimate of drug-likeness (QED) is 0.786. The molecule has 2 unspecified atom stereocenters. The lowest BCUT2D eigenvalue weighted by Gasteiger charge is -2.36. The zero-order valence-corrected chi connectivity index (χ0v) is 13.7. The number of thioether (sulfide) groups is 1. The van der Waals surface area contributed by atoms with Crippen molar-refractivity contribution < 1.29 is 4.74 Å². The molecular formula is C17H27NOS. The van der Waals surface area contributed by atoms with Gasteiger partial charge in [0.2, 0.25) is 0 Å². The van der Waals surface area contributed by atoms with Crippen LogP contribution in [0.15, 0.2) is 30.3 Å². The van der Waals surface area contributed by atoms with Crippen LogP contribution < -0.4 is 5.32 Å². The summed E-state index contributed by atoms with van der Waals surface area (Å²) in [7, 11) is 0. The molecule has 0 radical (unpaired) electrons. The van der Waals surface area contributed by atoms with Crippen LogP contribution >= 0.6 is 11.8 Å². The van der Waals surface area contributed by atoms with E-state index in [2.05, 4.69) is 68.2 Å². The molecule has 0 aromatic heterocycles. The summed E-state index contributed by atoms with van der Waals surface area (Å²) in [6.45, 7) is 9.81. The fraction of sp³-hybridized carbons (Fsp3) is 0.647. The van der Waals surface area contributed by atoms with E-state index >= 15 is 0 Å². The summed E-state index contributed by atoms with van der Waals surface area (Å²) in [5.41, 5.74) is 1.41. The van der Waals surface area contributed by atoms with Gasteiger partial charge in [-0.1, -0.05) is 51.1 Å². The van der Waals surface area contributed by atoms with Crippen LogP contribution in [0.5, 0.6) is 0 Å². The van der Waals surface area contributed by atoms with E-state index in [9.17, 15) is 0 Å². The average Bonchev–Trinajstić information content (AvgIpc) is 2.41. The van der Waals surface area contributed by atoms with E-state index in [1.165, 1.54) is 12.0 Å². The molecule has 0 bridgehead atoms. The summed E-state index contributed by atoms with van der Waals surface area (Å²) in [4.78, 5) is 0. The smallest absolute Gasteiger partial charge is 0.0608 e. The van der Waals surface area contributed by atoms with Gasteiger partial charge in [0.15, 0.2) is 0 Å². The van der Waals surface area contributed by atoms with Gasteiger partial charge >= 0.3 is 0 Å². The Labute approximate surface area is 127 Å². The van der Waals surface area contributed by atoms with Crippen molar-refractivity contribution in [2.45, 2.75) is 43.7 Å². The van der Waals surface area contributed by atoms with Crippen LogP contribution in [0.4, 0.5) is 0 Å². The first kappa shape index (κ1) is 15.9. The van der Waals surface area contributed by atoms with Crippen molar-refractivity contribution in [2.24, 2.45) is 5.92 Å². The van der Waals surface area contributed by atoms with Crippen molar-refractivity contribution in [3.05, 3.63) is 35.9 Å². The molecule has 1 fully saturated rings.